The van der Waals surface area contributed by atoms with Crippen molar-refractivity contribution < 1.29 is 9.90 Å². The van der Waals surface area contributed by atoms with Gasteiger partial charge >= 0.3 is 5.97 Å². The second-order valence-corrected chi connectivity index (χ2v) is 5.00. The predicted octanol–water partition coefficient (Wildman–Crippen LogP) is 1.73. The summed E-state index contributed by atoms with van der Waals surface area (Å²) in [6, 6.07) is 0.483. The van der Waals surface area contributed by atoms with Crippen molar-refractivity contribution in [2.75, 3.05) is 5.75 Å². The minimum absolute atomic E-state index is 0.0433. The highest BCUT2D eigenvalue weighted by atomic mass is 32.2. The van der Waals surface area contributed by atoms with Gasteiger partial charge in [-0.15, -0.1) is 10.2 Å². The molecular weight excluding hydrogens is 226 g/mol. The van der Waals surface area contributed by atoms with Gasteiger partial charge in [0.05, 0.1) is 5.75 Å². The summed E-state index contributed by atoms with van der Waals surface area (Å²) < 4.78 is 2.09. The van der Waals surface area contributed by atoms with Crippen molar-refractivity contribution >= 4 is 17.7 Å². The Labute approximate surface area is 98.3 Å². The Morgan fingerprint density at radius 2 is 2.38 bits per heavy atom. The first kappa shape index (κ1) is 11.4. The van der Waals surface area contributed by atoms with Crippen molar-refractivity contribution in [1.29, 1.82) is 0 Å². The van der Waals surface area contributed by atoms with Crippen LogP contribution in [0.25, 0.3) is 0 Å². The number of thioether (sulfide) groups is 1. The van der Waals surface area contributed by atoms with Crippen LogP contribution in [-0.2, 0) is 4.79 Å². The number of carboxylic acids is 1. The number of carboxylic acid groups (broad SMARTS) is 1. The molecule has 1 aromatic rings. The van der Waals surface area contributed by atoms with Crippen LogP contribution in [0.3, 0.4) is 0 Å². The van der Waals surface area contributed by atoms with Crippen molar-refractivity contribution in [2.24, 2.45) is 5.92 Å². The van der Waals surface area contributed by atoms with Crippen molar-refractivity contribution in [1.82, 2.24) is 14.8 Å². The van der Waals surface area contributed by atoms with Gasteiger partial charge in [0.2, 0.25) is 0 Å². The summed E-state index contributed by atoms with van der Waals surface area (Å²) in [7, 11) is 0. The average molecular weight is 241 g/mol. The Balaban J connectivity index is 2.10. The van der Waals surface area contributed by atoms with Crippen molar-refractivity contribution in [3.63, 3.8) is 0 Å². The predicted molar refractivity (Wildman–Crippen MR) is 60.6 cm³/mol. The van der Waals surface area contributed by atoms with Gasteiger partial charge in [0, 0.05) is 6.04 Å². The van der Waals surface area contributed by atoms with Gasteiger partial charge < -0.3 is 9.67 Å². The fourth-order valence-electron chi connectivity index (χ4n) is 1.94. The first-order valence-electron chi connectivity index (χ1n) is 5.39. The molecular formula is C10H15N3O2S. The highest BCUT2D eigenvalue weighted by Crippen LogP contribution is 2.47. The number of aryl methyl sites for hydroxylation is 1. The molecule has 5 nitrogen and oxygen atoms in total. The van der Waals surface area contributed by atoms with E-state index in [1.807, 2.05) is 6.92 Å². The van der Waals surface area contributed by atoms with Gasteiger partial charge in [0.15, 0.2) is 5.16 Å². The molecule has 1 aliphatic carbocycles. The van der Waals surface area contributed by atoms with Crippen LogP contribution in [0.15, 0.2) is 5.16 Å². The third kappa shape index (κ3) is 2.21. The molecule has 0 saturated heterocycles. The highest BCUT2D eigenvalue weighted by Gasteiger charge is 2.39. The van der Waals surface area contributed by atoms with Crippen LogP contribution in [0, 0.1) is 12.8 Å². The minimum atomic E-state index is -0.819. The van der Waals surface area contributed by atoms with Gasteiger partial charge in [-0.05, 0) is 19.3 Å². The van der Waals surface area contributed by atoms with Crippen molar-refractivity contribution in [3.8, 4) is 0 Å². The lowest BCUT2D eigenvalue weighted by molar-refractivity contribution is -0.133. The van der Waals surface area contributed by atoms with E-state index in [0.717, 1.165) is 23.8 Å². The largest absolute Gasteiger partial charge is 0.481 e. The van der Waals surface area contributed by atoms with Crippen LogP contribution >= 0.6 is 11.8 Å². The molecule has 0 aromatic carbocycles. The van der Waals surface area contributed by atoms with Gasteiger partial charge in [-0.1, -0.05) is 25.1 Å². The maximum Gasteiger partial charge on any atom is 0.313 e. The summed E-state index contributed by atoms with van der Waals surface area (Å²) in [5.74, 6) is 0.814. The zero-order valence-corrected chi connectivity index (χ0v) is 10.2. The standard InChI is InChI=1S/C10H15N3O2S/c1-3-7-4-8(7)13-6(2)11-12-10(13)16-5-9(14)15/h7-8H,3-5H2,1-2H3,(H,14,15). The molecule has 1 heterocycles. The van der Waals surface area contributed by atoms with Crippen molar-refractivity contribution in [3.05, 3.63) is 5.82 Å². The Bertz CT molecular complexity index is 405. The lowest BCUT2D eigenvalue weighted by Gasteiger charge is -2.06. The molecule has 1 N–H and O–H groups in total. The van der Waals surface area contributed by atoms with E-state index in [9.17, 15) is 4.79 Å². The van der Waals surface area contributed by atoms with E-state index >= 15 is 0 Å². The first-order chi connectivity index (χ1) is 7.63. The summed E-state index contributed by atoms with van der Waals surface area (Å²) in [6.07, 6.45) is 2.32. The maximum absolute atomic E-state index is 10.5. The average Bonchev–Trinajstić information content (AvgIpc) is 2.92. The maximum atomic E-state index is 10.5. The number of aliphatic carboxylic acids is 1. The smallest absolute Gasteiger partial charge is 0.313 e. The van der Waals surface area contributed by atoms with E-state index in [-0.39, 0.29) is 5.75 Å². The number of carbonyl (C=O) groups is 1. The fourth-order valence-corrected chi connectivity index (χ4v) is 2.70. The molecule has 0 radical (unpaired) electrons. The molecule has 16 heavy (non-hydrogen) atoms. The number of aromatic nitrogens is 3. The zero-order chi connectivity index (χ0) is 11.7. The van der Waals surface area contributed by atoms with Crippen LogP contribution in [0.1, 0.15) is 31.6 Å². The Hall–Kier alpha value is -1.04. The van der Waals surface area contributed by atoms with Crippen LogP contribution in [-0.4, -0.2) is 31.6 Å². The molecule has 0 amide bonds. The van der Waals surface area contributed by atoms with Gasteiger partial charge in [-0.3, -0.25) is 4.79 Å². The van der Waals surface area contributed by atoms with Crippen LogP contribution < -0.4 is 0 Å². The van der Waals surface area contributed by atoms with Gasteiger partial charge in [0.1, 0.15) is 5.82 Å². The Morgan fingerprint density at radius 3 is 2.94 bits per heavy atom. The SMILES string of the molecule is CCC1CC1n1c(C)nnc1SCC(=O)O. The molecule has 2 rings (SSSR count). The molecule has 1 saturated carbocycles. The number of hydrogen-bond donors (Lipinski definition) is 1. The summed E-state index contributed by atoms with van der Waals surface area (Å²) in [4.78, 5) is 10.5. The van der Waals surface area contributed by atoms with Gasteiger partial charge in [-0.25, -0.2) is 0 Å². The lowest BCUT2D eigenvalue weighted by Crippen LogP contribution is -2.04. The quantitative estimate of drug-likeness (QED) is 0.795. The second-order valence-electron chi connectivity index (χ2n) is 4.05. The van der Waals surface area contributed by atoms with E-state index in [1.54, 1.807) is 0 Å². The molecule has 1 aliphatic rings. The molecule has 0 spiro atoms. The molecule has 2 unspecified atom stereocenters. The van der Waals surface area contributed by atoms with E-state index in [1.165, 1.54) is 11.8 Å². The van der Waals surface area contributed by atoms with E-state index in [0.29, 0.717) is 12.0 Å². The Morgan fingerprint density at radius 1 is 1.62 bits per heavy atom. The molecule has 2 atom stereocenters. The van der Waals surface area contributed by atoms with E-state index in [2.05, 4.69) is 21.7 Å². The van der Waals surface area contributed by atoms with Crippen LogP contribution in [0.2, 0.25) is 0 Å². The van der Waals surface area contributed by atoms with Gasteiger partial charge in [0.25, 0.3) is 0 Å². The second kappa shape index (κ2) is 4.45. The molecule has 1 fully saturated rings. The zero-order valence-electron chi connectivity index (χ0n) is 9.38. The number of nitrogens with zero attached hydrogens (tertiary/aromatic N) is 3. The topological polar surface area (TPSA) is 68.0 Å². The molecule has 6 heteroatoms. The highest BCUT2D eigenvalue weighted by molar-refractivity contribution is 7.99. The number of rotatable bonds is 5. The third-order valence-corrected chi connectivity index (χ3v) is 3.83. The van der Waals surface area contributed by atoms with Crippen LogP contribution in [0.5, 0.6) is 0 Å². The molecule has 1 aromatic heterocycles. The molecule has 0 aliphatic heterocycles. The van der Waals surface area contributed by atoms with Crippen molar-refractivity contribution in [2.45, 2.75) is 37.9 Å². The molecule has 88 valence electrons. The minimum Gasteiger partial charge on any atom is -0.481 e. The third-order valence-electron chi connectivity index (χ3n) is 2.90. The normalized spacial score (nSPS) is 23.4. The van der Waals surface area contributed by atoms with E-state index in [4.69, 9.17) is 5.11 Å². The lowest BCUT2D eigenvalue weighted by atomic mass is 10.3. The van der Waals surface area contributed by atoms with E-state index < -0.39 is 5.97 Å². The Kier molecular flexibility index (Phi) is 3.18. The number of hydrogen-bond acceptors (Lipinski definition) is 4. The summed E-state index contributed by atoms with van der Waals surface area (Å²) in [5, 5.41) is 17.4. The summed E-state index contributed by atoms with van der Waals surface area (Å²) in [5.41, 5.74) is 0. The summed E-state index contributed by atoms with van der Waals surface area (Å²) in [6.45, 7) is 4.09. The first-order valence-corrected chi connectivity index (χ1v) is 6.38. The van der Waals surface area contributed by atoms with Gasteiger partial charge in [-0.2, -0.15) is 0 Å². The molecule has 0 bridgehead atoms. The monoisotopic (exact) mass is 241 g/mol. The summed E-state index contributed by atoms with van der Waals surface area (Å²) >= 11 is 1.25. The van der Waals surface area contributed by atoms with Crippen LogP contribution in [0.4, 0.5) is 0 Å². The fraction of sp³-hybridized carbons (Fsp3) is 0.700.